The number of amides is 2. The number of aryl methyl sites for hydroxylation is 1. The lowest BCUT2D eigenvalue weighted by atomic mass is 10.2. The summed E-state index contributed by atoms with van der Waals surface area (Å²) in [7, 11) is 0. The monoisotopic (exact) mass is 335 g/mol. The highest BCUT2D eigenvalue weighted by molar-refractivity contribution is 7.99. The van der Waals surface area contributed by atoms with Gasteiger partial charge in [0.15, 0.2) is 5.82 Å². The van der Waals surface area contributed by atoms with E-state index in [9.17, 15) is 9.59 Å². The summed E-state index contributed by atoms with van der Waals surface area (Å²) in [6.45, 7) is 5.35. The number of hydrogen-bond acceptors (Lipinski definition) is 7. The van der Waals surface area contributed by atoms with Crippen LogP contribution in [0.15, 0.2) is 27.7 Å². The van der Waals surface area contributed by atoms with Crippen LogP contribution in [0.5, 0.6) is 0 Å². The van der Waals surface area contributed by atoms with Gasteiger partial charge in [-0.1, -0.05) is 30.8 Å². The summed E-state index contributed by atoms with van der Waals surface area (Å²) in [5, 5.41) is 17.4. The first-order valence-electron chi connectivity index (χ1n) is 6.94. The van der Waals surface area contributed by atoms with E-state index in [4.69, 9.17) is 4.52 Å². The number of aromatic nitrogens is 3. The predicted molar refractivity (Wildman–Crippen MR) is 86.1 cm³/mol. The van der Waals surface area contributed by atoms with E-state index >= 15 is 0 Å². The van der Waals surface area contributed by atoms with E-state index in [1.54, 1.807) is 39.0 Å². The summed E-state index contributed by atoms with van der Waals surface area (Å²) < 4.78 is 4.90. The van der Waals surface area contributed by atoms with Crippen molar-refractivity contribution in [3.8, 4) is 0 Å². The first kappa shape index (κ1) is 16.9. The third kappa shape index (κ3) is 5.37. The Morgan fingerprint density at radius 1 is 1.26 bits per heavy atom. The molecule has 0 bridgehead atoms. The van der Waals surface area contributed by atoms with Crippen LogP contribution in [0.1, 0.15) is 19.5 Å². The third-order valence-corrected chi connectivity index (χ3v) is 3.58. The van der Waals surface area contributed by atoms with Crippen molar-refractivity contribution in [2.45, 2.75) is 25.8 Å². The molecule has 2 rings (SSSR count). The molecule has 8 nitrogen and oxygen atoms in total. The van der Waals surface area contributed by atoms with E-state index in [0.29, 0.717) is 22.4 Å². The third-order valence-electron chi connectivity index (χ3n) is 2.66. The molecule has 0 aliphatic rings. The van der Waals surface area contributed by atoms with Crippen molar-refractivity contribution in [2.24, 2.45) is 5.92 Å². The highest BCUT2D eigenvalue weighted by atomic mass is 32.2. The zero-order valence-corrected chi connectivity index (χ0v) is 13.8. The van der Waals surface area contributed by atoms with Gasteiger partial charge in [0.1, 0.15) is 5.03 Å². The minimum Gasteiger partial charge on any atom is -0.338 e. The van der Waals surface area contributed by atoms with E-state index in [0.717, 1.165) is 0 Å². The molecule has 0 saturated heterocycles. The highest BCUT2D eigenvalue weighted by Crippen LogP contribution is 2.16. The van der Waals surface area contributed by atoms with Crippen LogP contribution in [0.4, 0.5) is 11.7 Å². The smallest absolute Gasteiger partial charge is 0.237 e. The number of rotatable bonds is 6. The average molecular weight is 335 g/mol. The van der Waals surface area contributed by atoms with Crippen LogP contribution in [0.25, 0.3) is 0 Å². The Morgan fingerprint density at radius 2 is 2.04 bits per heavy atom. The number of nitrogens with one attached hydrogen (secondary N) is 2. The van der Waals surface area contributed by atoms with Gasteiger partial charge in [-0.15, -0.1) is 10.2 Å². The maximum Gasteiger partial charge on any atom is 0.237 e. The number of carbonyl (C=O) groups excluding carboxylic acids is 2. The molecule has 0 aliphatic carbocycles. The molecule has 2 aromatic rings. The predicted octanol–water partition coefficient (Wildman–Crippen LogP) is 2.10. The molecule has 0 saturated carbocycles. The molecule has 0 fully saturated rings. The Hall–Kier alpha value is -2.42. The second kappa shape index (κ2) is 7.73. The van der Waals surface area contributed by atoms with E-state index in [2.05, 4.69) is 26.0 Å². The first-order chi connectivity index (χ1) is 10.9. The Balaban J connectivity index is 1.81. The summed E-state index contributed by atoms with van der Waals surface area (Å²) in [5.41, 5.74) is 0.692. The standard InChI is InChI=1S/C14H17N5O3S/c1-8(2)14(21)15-10-4-5-13(18-17-10)23-7-11(20)16-12-6-9(3)19-22-12/h4-6,8H,7H2,1-3H3,(H,16,20)(H,15,17,21). The van der Waals surface area contributed by atoms with E-state index in [1.807, 2.05) is 0 Å². The quantitative estimate of drug-likeness (QED) is 0.778. The molecule has 23 heavy (non-hydrogen) atoms. The summed E-state index contributed by atoms with van der Waals surface area (Å²) in [4.78, 5) is 23.3. The molecule has 0 radical (unpaired) electrons. The molecule has 2 N–H and O–H groups in total. The van der Waals surface area contributed by atoms with E-state index in [1.165, 1.54) is 11.8 Å². The molecule has 0 unspecified atom stereocenters. The van der Waals surface area contributed by atoms with E-state index in [-0.39, 0.29) is 23.5 Å². The van der Waals surface area contributed by atoms with Gasteiger partial charge in [-0.2, -0.15) is 0 Å². The molecule has 0 atom stereocenters. The fourth-order valence-corrected chi connectivity index (χ4v) is 2.08. The average Bonchev–Trinajstić information content (AvgIpc) is 2.91. The zero-order chi connectivity index (χ0) is 16.8. The summed E-state index contributed by atoms with van der Waals surface area (Å²) in [5.74, 6) is 0.368. The van der Waals surface area contributed by atoms with Crippen LogP contribution >= 0.6 is 11.8 Å². The maximum atomic E-state index is 11.8. The molecule has 9 heteroatoms. The van der Waals surface area contributed by atoms with Crippen LogP contribution in [0, 0.1) is 12.8 Å². The van der Waals surface area contributed by atoms with Gasteiger partial charge >= 0.3 is 0 Å². The van der Waals surface area contributed by atoms with Crippen molar-refractivity contribution in [3.05, 3.63) is 23.9 Å². The van der Waals surface area contributed by atoms with Crippen LogP contribution in [-0.4, -0.2) is 32.9 Å². The van der Waals surface area contributed by atoms with Crippen molar-refractivity contribution < 1.29 is 14.1 Å². The van der Waals surface area contributed by atoms with Crippen LogP contribution in [0.3, 0.4) is 0 Å². The fraction of sp³-hybridized carbons (Fsp3) is 0.357. The number of thioether (sulfide) groups is 1. The van der Waals surface area contributed by atoms with Gasteiger partial charge < -0.3 is 9.84 Å². The van der Waals surface area contributed by atoms with Crippen LogP contribution in [-0.2, 0) is 9.59 Å². The van der Waals surface area contributed by atoms with Crippen LogP contribution < -0.4 is 10.6 Å². The summed E-state index contributed by atoms with van der Waals surface area (Å²) in [6.07, 6.45) is 0. The largest absolute Gasteiger partial charge is 0.338 e. The molecule has 0 aromatic carbocycles. The van der Waals surface area contributed by atoms with Gasteiger partial charge in [-0.05, 0) is 19.1 Å². The van der Waals surface area contributed by atoms with Crippen molar-refractivity contribution in [1.82, 2.24) is 15.4 Å². The molecule has 122 valence electrons. The molecule has 0 spiro atoms. The lowest BCUT2D eigenvalue weighted by Crippen LogP contribution is -2.18. The van der Waals surface area contributed by atoms with Crippen molar-refractivity contribution in [1.29, 1.82) is 0 Å². The van der Waals surface area contributed by atoms with Gasteiger partial charge in [0.25, 0.3) is 0 Å². The lowest BCUT2D eigenvalue weighted by Gasteiger charge is -2.06. The summed E-state index contributed by atoms with van der Waals surface area (Å²) >= 11 is 1.23. The molecule has 0 aliphatic heterocycles. The second-order valence-electron chi connectivity index (χ2n) is 5.07. The first-order valence-corrected chi connectivity index (χ1v) is 7.93. The SMILES string of the molecule is Cc1cc(NC(=O)CSc2ccc(NC(=O)C(C)C)nn2)on1. The topological polar surface area (TPSA) is 110 Å². The molecular formula is C14H17N5O3S. The van der Waals surface area contributed by atoms with Crippen molar-refractivity contribution in [3.63, 3.8) is 0 Å². The van der Waals surface area contributed by atoms with Gasteiger partial charge in [-0.25, -0.2) is 0 Å². The Labute approximate surface area is 137 Å². The summed E-state index contributed by atoms with van der Waals surface area (Å²) in [6, 6.07) is 4.97. The minimum absolute atomic E-state index is 0.124. The number of hydrogen-bond donors (Lipinski definition) is 2. The van der Waals surface area contributed by atoms with Crippen molar-refractivity contribution >= 4 is 35.3 Å². The second-order valence-corrected chi connectivity index (χ2v) is 6.07. The number of carbonyl (C=O) groups is 2. The van der Waals surface area contributed by atoms with Gasteiger partial charge in [-0.3, -0.25) is 14.9 Å². The van der Waals surface area contributed by atoms with Gasteiger partial charge in [0.05, 0.1) is 11.4 Å². The van der Waals surface area contributed by atoms with Gasteiger partial charge in [0, 0.05) is 12.0 Å². The molecular weight excluding hydrogens is 318 g/mol. The maximum absolute atomic E-state index is 11.8. The number of anilines is 2. The zero-order valence-electron chi connectivity index (χ0n) is 13.0. The Kier molecular flexibility index (Phi) is 5.69. The van der Waals surface area contributed by atoms with Crippen molar-refractivity contribution in [2.75, 3.05) is 16.4 Å². The number of nitrogens with zero attached hydrogens (tertiary/aromatic N) is 3. The molecule has 2 amide bonds. The van der Waals surface area contributed by atoms with Crippen LogP contribution in [0.2, 0.25) is 0 Å². The molecule has 2 aromatic heterocycles. The Bertz CT molecular complexity index is 684. The fourth-order valence-electron chi connectivity index (χ4n) is 1.47. The highest BCUT2D eigenvalue weighted by Gasteiger charge is 2.10. The Morgan fingerprint density at radius 3 is 2.61 bits per heavy atom. The molecule has 2 heterocycles. The lowest BCUT2D eigenvalue weighted by molar-refractivity contribution is -0.119. The van der Waals surface area contributed by atoms with E-state index < -0.39 is 0 Å². The normalized spacial score (nSPS) is 10.6. The minimum atomic E-state index is -0.231. The van der Waals surface area contributed by atoms with Gasteiger partial charge in [0.2, 0.25) is 17.7 Å².